The van der Waals surface area contributed by atoms with Crippen molar-refractivity contribution in [3.05, 3.63) is 29.3 Å². The lowest BCUT2D eigenvalue weighted by atomic mass is 9.70. The first kappa shape index (κ1) is 26.2. The summed E-state index contributed by atoms with van der Waals surface area (Å²) in [7, 11) is 1.61. The van der Waals surface area contributed by atoms with Crippen LogP contribution in [-0.2, 0) is 19.9 Å². The van der Waals surface area contributed by atoms with Gasteiger partial charge < -0.3 is 24.6 Å². The molecule has 0 bridgehead atoms. The van der Waals surface area contributed by atoms with Crippen LogP contribution in [0, 0.1) is 11.8 Å². The van der Waals surface area contributed by atoms with Crippen molar-refractivity contribution in [3.8, 4) is 5.75 Å². The van der Waals surface area contributed by atoms with E-state index in [4.69, 9.17) is 9.47 Å². The quantitative estimate of drug-likeness (QED) is 0.629. The van der Waals surface area contributed by atoms with Gasteiger partial charge in [0.25, 0.3) is 5.91 Å². The first-order valence-electron chi connectivity index (χ1n) is 13.4. The summed E-state index contributed by atoms with van der Waals surface area (Å²) in [5, 5.41) is 21.1. The van der Waals surface area contributed by atoms with E-state index in [2.05, 4.69) is 6.08 Å². The number of aliphatic hydroxyl groups is 2. The van der Waals surface area contributed by atoms with Crippen LogP contribution in [0.5, 0.6) is 5.75 Å². The van der Waals surface area contributed by atoms with Gasteiger partial charge in [0.15, 0.2) is 5.60 Å². The molecule has 37 heavy (non-hydrogen) atoms. The maximum absolute atomic E-state index is 14.5. The van der Waals surface area contributed by atoms with E-state index in [1.807, 2.05) is 44.7 Å². The van der Waals surface area contributed by atoms with Gasteiger partial charge in [-0.15, -0.1) is 0 Å². The number of ether oxygens (including phenoxy) is 2. The molecule has 8 heteroatoms. The Morgan fingerprint density at radius 1 is 1.30 bits per heavy atom. The van der Waals surface area contributed by atoms with Crippen LogP contribution in [0.4, 0.5) is 5.69 Å². The van der Waals surface area contributed by atoms with Crippen LogP contribution in [0.2, 0.25) is 0 Å². The number of nitrogens with zero attached hydrogens (tertiary/aromatic N) is 2. The predicted molar refractivity (Wildman–Crippen MR) is 140 cm³/mol. The zero-order valence-electron chi connectivity index (χ0n) is 23.0. The van der Waals surface area contributed by atoms with Gasteiger partial charge in [0, 0.05) is 29.5 Å². The number of carbonyl (C=O) groups excluding carboxylic acids is 2. The summed E-state index contributed by atoms with van der Waals surface area (Å²) in [4.78, 5) is 31.5. The van der Waals surface area contributed by atoms with Crippen LogP contribution in [-0.4, -0.2) is 70.5 Å². The van der Waals surface area contributed by atoms with Gasteiger partial charge in [-0.05, 0) is 65.2 Å². The zero-order chi connectivity index (χ0) is 27.1. The van der Waals surface area contributed by atoms with Crippen molar-refractivity contribution in [3.63, 3.8) is 0 Å². The smallest absolute Gasteiger partial charge is 0.265 e. The van der Waals surface area contributed by atoms with Gasteiger partial charge in [-0.1, -0.05) is 13.0 Å². The van der Waals surface area contributed by atoms with Crippen molar-refractivity contribution in [1.82, 2.24) is 4.90 Å². The summed E-state index contributed by atoms with van der Waals surface area (Å²) in [6.07, 6.45) is 3.08. The van der Waals surface area contributed by atoms with Gasteiger partial charge in [-0.3, -0.25) is 14.5 Å². The number of amides is 2. The molecule has 4 aliphatic rings. The molecule has 0 aliphatic carbocycles. The highest BCUT2D eigenvalue weighted by Crippen LogP contribution is 2.61. The topological polar surface area (TPSA) is 99.5 Å². The summed E-state index contributed by atoms with van der Waals surface area (Å²) in [5.41, 5.74) is 0.410. The molecule has 0 radical (unpaired) electrons. The summed E-state index contributed by atoms with van der Waals surface area (Å²) >= 11 is 0. The Morgan fingerprint density at radius 2 is 2.00 bits per heavy atom. The number of carbonyl (C=O) groups is 2. The van der Waals surface area contributed by atoms with E-state index in [1.165, 1.54) is 0 Å². The standard InChI is InChI=1S/C29H40N2O6/c1-16-14-27(3,4)31-25-20(16)11-19(36-7)12-21(25)29(26(31)34)17(2)24(28(5,6)35)22(37-29)13-23(33)30-10-8-9-18(30)15-32/h11-12,14,17-18,22,24,32,35H,8-10,13,15H2,1-7H3/t17-,18-,22+,24-,29+/m0/s1. The van der Waals surface area contributed by atoms with Crippen molar-refractivity contribution >= 4 is 23.1 Å². The number of rotatable bonds is 5. The van der Waals surface area contributed by atoms with Crippen LogP contribution >= 0.6 is 0 Å². The van der Waals surface area contributed by atoms with Crippen LogP contribution in [0.3, 0.4) is 0 Å². The third-order valence-electron chi connectivity index (χ3n) is 9.05. The Hall–Kier alpha value is -2.42. The molecule has 2 N–H and O–H groups in total. The lowest BCUT2D eigenvalue weighted by Crippen LogP contribution is -2.53. The molecule has 8 nitrogen and oxygen atoms in total. The number of hydrogen-bond acceptors (Lipinski definition) is 6. The molecule has 1 aromatic carbocycles. The monoisotopic (exact) mass is 512 g/mol. The fraction of sp³-hybridized carbons (Fsp3) is 0.655. The minimum atomic E-state index is -1.36. The molecule has 0 unspecified atom stereocenters. The minimum Gasteiger partial charge on any atom is -0.497 e. The Morgan fingerprint density at radius 3 is 2.62 bits per heavy atom. The maximum atomic E-state index is 14.5. The third kappa shape index (κ3) is 3.67. The van der Waals surface area contributed by atoms with Crippen molar-refractivity contribution in [2.24, 2.45) is 11.8 Å². The van der Waals surface area contributed by atoms with Gasteiger partial charge >= 0.3 is 0 Å². The number of likely N-dealkylation sites (tertiary alicyclic amines) is 1. The fourth-order valence-corrected chi connectivity index (χ4v) is 7.58. The first-order valence-corrected chi connectivity index (χ1v) is 13.4. The number of fused-ring (bicyclic) bond motifs is 1. The molecule has 5 atom stereocenters. The molecule has 202 valence electrons. The molecule has 4 heterocycles. The molecular formula is C29H40N2O6. The van der Waals surface area contributed by atoms with Gasteiger partial charge in [0.2, 0.25) is 5.91 Å². The Kier molecular flexibility index (Phi) is 6.05. The molecule has 5 rings (SSSR count). The second kappa shape index (κ2) is 8.55. The number of aliphatic hydroxyl groups excluding tert-OH is 1. The lowest BCUT2D eigenvalue weighted by molar-refractivity contribution is -0.151. The maximum Gasteiger partial charge on any atom is 0.265 e. The first-order chi connectivity index (χ1) is 17.3. The Labute approximate surface area is 219 Å². The lowest BCUT2D eigenvalue weighted by Gasteiger charge is -2.39. The van der Waals surface area contributed by atoms with Crippen molar-refractivity contribution in [2.75, 3.05) is 25.2 Å². The van der Waals surface area contributed by atoms with Gasteiger partial charge in [-0.25, -0.2) is 0 Å². The molecule has 2 saturated heterocycles. The van der Waals surface area contributed by atoms with E-state index < -0.39 is 34.7 Å². The van der Waals surface area contributed by atoms with Gasteiger partial charge in [0.05, 0.1) is 49.1 Å². The number of benzene rings is 1. The van der Waals surface area contributed by atoms with Crippen molar-refractivity contribution < 1.29 is 29.3 Å². The molecule has 0 aromatic heterocycles. The van der Waals surface area contributed by atoms with Crippen molar-refractivity contribution in [1.29, 1.82) is 0 Å². The van der Waals surface area contributed by atoms with E-state index in [0.717, 1.165) is 35.2 Å². The Balaban J connectivity index is 1.63. The number of anilines is 1. The second-order valence-corrected chi connectivity index (χ2v) is 12.3. The molecule has 4 aliphatic heterocycles. The van der Waals surface area contributed by atoms with E-state index in [-0.39, 0.29) is 30.9 Å². The molecule has 2 amide bonds. The summed E-state index contributed by atoms with van der Waals surface area (Å²) in [6, 6.07) is 3.65. The highest BCUT2D eigenvalue weighted by Gasteiger charge is 2.68. The number of allylic oxidation sites excluding steroid dienone is 1. The SMILES string of the molecule is COc1cc2c3c(c1)[C@@]1(O[C@H](CC(=O)N4CCC[C@H]4CO)[C@@H](C(C)(C)O)[C@@H]1C)C(=O)N3C(C)(C)C=C2C. The molecule has 1 spiro atoms. The predicted octanol–water partition coefficient (Wildman–Crippen LogP) is 3.23. The second-order valence-electron chi connectivity index (χ2n) is 12.3. The number of hydrogen-bond donors (Lipinski definition) is 2. The summed E-state index contributed by atoms with van der Waals surface area (Å²) in [6.45, 7) is 12.0. The average Bonchev–Trinajstić information content (AvgIpc) is 3.46. The molecule has 1 aromatic rings. The van der Waals surface area contributed by atoms with Crippen molar-refractivity contribution in [2.45, 2.75) is 89.7 Å². The van der Waals surface area contributed by atoms with Crippen LogP contribution in [0.1, 0.15) is 71.9 Å². The highest BCUT2D eigenvalue weighted by atomic mass is 16.5. The third-order valence-corrected chi connectivity index (χ3v) is 9.05. The number of methoxy groups -OCH3 is 1. The van der Waals surface area contributed by atoms with Gasteiger partial charge in [0.1, 0.15) is 5.75 Å². The average molecular weight is 513 g/mol. The van der Waals surface area contributed by atoms with E-state index in [0.29, 0.717) is 12.3 Å². The van der Waals surface area contributed by atoms with Crippen LogP contribution in [0.15, 0.2) is 18.2 Å². The molecule has 0 saturated carbocycles. The van der Waals surface area contributed by atoms with Crippen LogP contribution in [0.25, 0.3) is 5.57 Å². The van der Waals surface area contributed by atoms with Gasteiger partial charge in [-0.2, -0.15) is 0 Å². The minimum absolute atomic E-state index is 0.0390. The highest BCUT2D eigenvalue weighted by molar-refractivity contribution is 6.12. The zero-order valence-corrected chi connectivity index (χ0v) is 23.0. The van der Waals surface area contributed by atoms with E-state index >= 15 is 0 Å². The fourth-order valence-electron chi connectivity index (χ4n) is 7.58. The summed E-state index contributed by atoms with van der Waals surface area (Å²) < 4.78 is 12.4. The normalized spacial score (nSPS) is 32.2. The molecule has 2 fully saturated rings. The van der Waals surface area contributed by atoms with E-state index in [1.54, 1.807) is 25.9 Å². The largest absolute Gasteiger partial charge is 0.497 e. The molecular weight excluding hydrogens is 472 g/mol. The van der Waals surface area contributed by atoms with Crippen LogP contribution < -0.4 is 9.64 Å². The Bertz CT molecular complexity index is 1170. The van der Waals surface area contributed by atoms with E-state index in [9.17, 15) is 19.8 Å². The summed E-state index contributed by atoms with van der Waals surface area (Å²) in [5.74, 6) is -0.542.